The zero-order valence-corrected chi connectivity index (χ0v) is 18.3. The Morgan fingerprint density at radius 1 is 1.00 bits per heavy atom. The predicted molar refractivity (Wildman–Crippen MR) is 123 cm³/mol. The molecular weight excluding hydrogens is 405 g/mol. The van der Waals surface area contributed by atoms with Crippen molar-refractivity contribution in [1.29, 1.82) is 0 Å². The van der Waals surface area contributed by atoms with Crippen molar-refractivity contribution >= 4 is 5.82 Å². The molecule has 162 valence electrons. The van der Waals surface area contributed by atoms with Gasteiger partial charge in [-0.05, 0) is 48.9 Å². The summed E-state index contributed by atoms with van der Waals surface area (Å²) in [7, 11) is 0. The summed E-state index contributed by atoms with van der Waals surface area (Å²) in [5.74, 6) is 0.552. The lowest BCUT2D eigenvalue weighted by Gasteiger charge is -2.31. The minimum absolute atomic E-state index is 0.0315. The van der Waals surface area contributed by atoms with Gasteiger partial charge in [0.25, 0.3) is 5.56 Å². The Morgan fingerprint density at radius 3 is 2.50 bits per heavy atom. The Morgan fingerprint density at radius 2 is 1.75 bits per heavy atom. The van der Waals surface area contributed by atoms with Crippen LogP contribution in [0.5, 0.6) is 0 Å². The van der Waals surface area contributed by atoms with Crippen molar-refractivity contribution in [2.45, 2.75) is 27.3 Å². The second kappa shape index (κ2) is 7.44. The van der Waals surface area contributed by atoms with Crippen LogP contribution in [0.4, 0.5) is 10.2 Å². The molecule has 4 aromatic rings. The molecule has 3 heterocycles. The van der Waals surface area contributed by atoms with Crippen molar-refractivity contribution in [3.05, 3.63) is 82.4 Å². The molecule has 7 heteroatoms. The van der Waals surface area contributed by atoms with Crippen LogP contribution in [0.25, 0.3) is 28.2 Å². The lowest BCUT2D eigenvalue weighted by Crippen LogP contribution is -2.34. The van der Waals surface area contributed by atoms with Crippen LogP contribution in [0, 0.1) is 18.2 Å². The van der Waals surface area contributed by atoms with Gasteiger partial charge in [0.05, 0.1) is 23.5 Å². The number of anilines is 1. The van der Waals surface area contributed by atoms with Crippen molar-refractivity contribution in [1.82, 2.24) is 19.6 Å². The van der Waals surface area contributed by atoms with Crippen LogP contribution in [0.3, 0.4) is 0 Å². The van der Waals surface area contributed by atoms with E-state index < -0.39 is 0 Å². The molecule has 0 saturated heterocycles. The van der Waals surface area contributed by atoms with Gasteiger partial charge in [-0.15, -0.1) is 0 Å². The number of rotatable bonds is 3. The number of fused-ring (bicyclic) bond motifs is 1. The highest BCUT2D eigenvalue weighted by Crippen LogP contribution is 2.40. The van der Waals surface area contributed by atoms with Crippen molar-refractivity contribution in [2.75, 3.05) is 11.9 Å². The zero-order chi connectivity index (χ0) is 22.5. The van der Waals surface area contributed by atoms with Gasteiger partial charge in [0, 0.05) is 23.6 Å². The molecule has 1 aliphatic rings. The van der Waals surface area contributed by atoms with Gasteiger partial charge in [0.1, 0.15) is 17.3 Å². The van der Waals surface area contributed by atoms with Gasteiger partial charge in [-0.25, -0.2) is 9.07 Å². The number of hydrogen-bond donors (Lipinski definition) is 1. The smallest absolute Gasteiger partial charge is 0.271 e. The number of halogens is 1. The maximum Gasteiger partial charge on any atom is 0.271 e. The molecule has 32 heavy (non-hydrogen) atoms. The van der Waals surface area contributed by atoms with Gasteiger partial charge in [0.15, 0.2) is 0 Å². The van der Waals surface area contributed by atoms with Gasteiger partial charge in [0.2, 0.25) is 0 Å². The first-order valence-corrected chi connectivity index (χ1v) is 10.6. The number of benzene rings is 2. The molecule has 5 rings (SSSR count). The zero-order valence-electron chi connectivity index (χ0n) is 18.3. The van der Waals surface area contributed by atoms with Crippen molar-refractivity contribution in [3.8, 4) is 28.2 Å². The van der Waals surface area contributed by atoms with E-state index >= 15 is 0 Å². The van der Waals surface area contributed by atoms with Crippen molar-refractivity contribution < 1.29 is 4.39 Å². The number of nitrogens with zero attached hydrogens (tertiary/aromatic N) is 4. The highest BCUT2D eigenvalue weighted by atomic mass is 19.1. The average Bonchev–Trinajstić information content (AvgIpc) is 3.12. The van der Waals surface area contributed by atoms with Crippen LogP contribution in [-0.2, 0) is 6.54 Å². The Bertz CT molecular complexity index is 1370. The van der Waals surface area contributed by atoms with Crippen molar-refractivity contribution in [2.24, 2.45) is 5.41 Å². The Kier molecular flexibility index (Phi) is 4.69. The maximum atomic E-state index is 13.6. The van der Waals surface area contributed by atoms with Crippen LogP contribution in [0.1, 0.15) is 19.4 Å². The molecule has 0 saturated carbocycles. The molecule has 2 aromatic carbocycles. The second-order valence-electron chi connectivity index (χ2n) is 9.01. The van der Waals surface area contributed by atoms with Crippen LogP contribution in [0.15, 0.2) is 65.5 Å². The van der Waals surface area contributed by atoms with E-state index in [1.165, 1.54) is 22.9 Å². The maximum absolute atomic E-state index is 13.6. The molecule has 0 bridgehead atoms. The quantitative estimate of drug-likeness (QED) is 0.514. The number of para-hydroxylation sites is 1. The number of aromatic nitrogens is 4. The van der Waals surface area contributed by atoms with E-state index in [-0.39, 0.29) is 16.8 Å². The lowest BCUT2D eigenvalue weighted by molar-refractivity contribution is 0.294. The third kappa shape index (κ3) is 3.49. The SMILES string of the molecule is Cc1ccccc1-n1nc(-c2c(-c3ccc(F)cc3)nn3c2NCC(C)(C)C3)ccc1=O. The first-order chi connectivity index (χ1) is 15.3. The topological polar surface area (TPSA) is 64.7 Å². The Balaban J connectivity index is 1.74. The fourth-order valence-electron chi connectivity index (χ4n) is 4.11. The normalized spacial score (nSPS) is 14.6. The summed E-state index contributed by atoms with van der Waals surface area (Å²) < 4.78 is 17.0. The first-order valence-electron chi connectivity index (χ1n) is 10.6. The fourth-order valence-corrected chi connectivity index (χ4v) is 4.11. The fraction of sp³-hybridized carbons (Fsp3) is 0.240. The predicted octanol–water partition coefficient (Wildman–Crippen LogP) is 4.66. The number of aryl methyl sites for hydroxylation is 1. The van der Waals surface area contributed by atoms with Gasteiger partial charge >= 0.3 is 0 Å². The summed E-state index contributed by atoms with van der Waals surface area (Å²) in [5.41, 5.74) is 4.43. The highest BCUT2D eigenvalue weighted by Gasteiger charge is 2.31. The summed E-state index contributed by atoms with van der Waals surface area (Å²) in [6.07, 6.45) is 0. The molecule has 0 fully saturated rings. The summed E-state index contributed by atoms with van der Waals surface area (Å²) in [4.78, 5) is 12.7. The monoisotopic (exact) mass is 429 g/mol. The van der Waals surface area contributed by atoms with E-state index in [9.17, 15) is 9.18 Å². The summed E-state index contributed by atoms with van der Waals surface area (Å²) >= 11 is 0. The third-order valence-electron chi connectivity index (χ3n) is 5.78. The molecule has 0 atom stereocenters. The van der Waals surface area contributed by atoms with Gasteiger partial charge < -0.3 is 5.32 Å². The van der Waals surface area contributed by atoms with Crippen molar-refractivity contribution in [3.63, 3.8) is 0 Å². The highest BCUT2D eigenvalue weighted by molar-refractivity contribution is 5.87. The molecule has 1 N–H and O–H groups in total. The number of hydrogen-bond acceptors (Lipinski definition) is 4. The summed E-state index contributed by atoms with van der Waals surface area (Å²) in [5, 5.41) is 13.1. The third-order valence-corrected chi connectivity index (χ3v) is 5.78. The summed E-state index contributed by atoms with van der Waals surface area (Å²) in [6.45, 7) is 7.83. The molecule has 6 nitrogen and oxygen atoms in total. The Hall–Kier alpha value is -3.74. The van der Waals surface area contributed by atoms with E-state index in [0.29, 0.717) is 11.4 Å². The standard InChI is InChI=1S/C25H24FN5O/c1-16-6-4-5-7-20(16)31-21(32)13-12-19(28-31)22-23(17-8-10-18(26)11-9-17)29-30-15-25(2,3)14-27-24(22)30/h4-13,27H,14-15H2,1-3H3. The molecule has 1 aliphatic heterocycles. The molecule has 0 unspecified atom stereocenters. The van der Waals surface area contributed by atoms with Crippen LogP contribution in [-0.4, -0.2) is 26.1 Å². The van der Waals surface area contributed by atoms with E-state index in [1.54, 1.807) is 18.2 Å². The molecule has 2 aromatic heterocycles. The Labute approximate surface area is 185 Å². The minimum atomic E-state index is -0.301. The van der Waals surface area contributed by atoms with Crippen LogP contribution in [0.2, 0.25) is 0 Å². The molecule has 0 amide bonds. The van der Waals surface area contributed by atoms with E-state index in [0.717, 1.165) is 41.3 Å². The largest absolute Gasteiger partial charge is 0.369 e. The molecule has 0 aliphatic carbocycles. The average molecular weight is 429 g/mol. The van der Waals surface area contributed by atoms with E-state index in [4.69, 9.17) is 10.2 Å². The van der Waals surface area contributed by atoms with Gasteiger partial charge in [-0.2, -0.15) is 14.9 Å². The minimum Gasteiger partial charge on any atom is -0.369 e. The van der Waals surface area contributed by atoms with E-state index in [1.807, 2.05) is 35.9 Å². The molecular formula is C25H24FN5O. The molecule has 0 spiro atoms. The summed E-state index contributed by atoms with van der Waals surface area (Å²) in [6, 6.07) is 17.2. The van der Waals surface area contributed by atoms with Crippen LogP contribution >= 0.6 is 0 Å². The first kappa shape index (κ1) is 20.2. The number of nitrogens with one attached hydrogen (secondary N) is 1. The van der Waals surface area contributed by atoms with Gasteiger partial charge in [-0.1, -0.05) is 32.0 Å². The lowest BCUT2D eigenvalue weighted by atomic mass is 9.92. The van der Waals surface area contributed by atoms with E-state index in [2.05, 4.69) is 19.2 Å². The van der Waals surface area contributed by atoms with Gasteiger partial charge in [-0.3, -0.25) is 4.79 Å². The van der Waals surface area contributed by atoms with Crippen LogP contribution < -0.4 is 10.9 Å². The second-order valence-corrected chi connectivity index (χ2v) is 9.01. The molecule has 0 radical (unpaired) electrons.